The Morgan fingerprint density at radius 1 is 0.604 bits per heavy atom. The fourth-order valence-corrected chi connectivity index (χ4v) is 4.71. The second-order valence-electron chi connectivity index (χ2n) is 10.3. The first-order valence-electron chi connectivity index (χ1n) is 16.6. The van der Waals surface area contributed by atoms with Crippen molar-refractivity contribution in [1.29, 1.82) is 0 Å². The van der Waals surface area contributed by atoms with Crippen molar-refractivity contribution in [1.82, 2.24) is 0 Å². The first-order chi connectivity index (χ1) is 23.5. The number of hydrogen-bond donors (Lipinski definition) is 1. The molecule has 4 aromatic rings. The molecule has 1 saturated carbocycles. The molecule has 0 spiro atoms. The molecule has 0 unspecified atom stereocenters. The van der Waals surface area contributed by atoms with E-state index in [-0.39, 0.29) is 17.6 Å². The molecule has 1 aliphatic rings. The van der Waals surface area contributed by atoms with E-state index in [1.807, 2.05) is 88.4 Å². The maximum absolute atomic E-state index is 12.4. The van der Waals surface area contributed by atoms with E-state index >= 15 is 0 Å². The maximum atomic E-state index is 12.4. The molecule has 0 saturated heterocycles. The molecule has 258 valence electrons. The molecule has 1 fully saturated rings. The van der Waals surface area contributed by atoms with E-state index in [0.29, 0.717) is 41.8 Å². The number of carbonyl (C=O) groups is 2. The Kier molecular flexibility index (Phi) is 18.4. The lowest BCUT2D eigenvalue weighted by atomic mass is 9.98. The van der Waals surface area contributed by atoms with Gasteiger partial charge in [-0.1, -0.05) is 94.8 Å². The van der Waals surface area contributed by atoms with Crippen LogP contribution in [-0.2, 0) is 18.0 Å². The quantitative estimate of drug-likeness (QED) is 0.159. The van der Waals surface area contributed by atoms with Crippen molar-refractivity contribution in [3.8, 4) is 23.0 Å². The number of ether oxygens (including phenoxy) is 5. The van der Waals surface area contributed by atoms with Crippen LogP contribution in [0.5, 0.6) is 23.0 Å². The number of aromatic carboxylic acids is 1. The smallest absolute Gasteiger partial charge is 0.338 e. The van der Waals surface area contributed by atoms with Gasteiger partial charge in [0.1, 0.15) is 19.3 Å². The second-order valence-corrected chi connectivity index (χ2v) is 10.3. The monoisotopic (exact) mass is 658 g/mol. The van der Waals surface area contributed by atoms with E-state index in [1.165, 1.54) is 25.7 Å². The van der Waals surface area contributed by atoms with Crippen LogP contribution >= 0.6 is 0 Å². The van der Waals surface area contributed by atoms with Gasteiger partial charge in [0.05, 0.1) is 25.3 Å². The van der Waals surface area contributed by atoms with Gasteiger partial charge >= 0.3 is 11.9 Å². The summed E-state index contributed by atoms with van der Waals surface area (Å²) in [6.07, 6.45) is 5.46. The minimum absolute atomic E-state index is 0.0428. The third-order valence-electron chi connectivity index (χ3n) is 7.11. The molecule has 0 heterocycles. The molecule has 4 aromatic carbocycles. The van der Waals surface area contributed by atoms with Crippen LogP contribution in [0.4, 0.5) is 0 Å². The van der Waals surface area contributed by atoms with Crippen LogP contribution in [0.25, 0.3) is 0 Å². The number of carbonyl (C=O) groups excluding carboxylic acids is 1. The SMILES string of the molecule is CC.CC.COc1cc(C(=O)O)ccc1OCc1ccccc1.COc1cc(C(=O)OC2CCCCC2)ccc1OCc1ccccc1. The van der Waals surface area contributed by atoms with Crippen molar-refractivity contribution in [2.24, 2.45) is 0 Å². The lowest BCUT2D eigenvalue weighted by Gasteiger charge is -2.22. The minimum atomic E-state index is -0.993. The first-order valence-corrected chi connectivity index (χ1v) is 16.6. The van der Waals surface area contributed by atoms with Gasteiger partial charge < -0.3 is 28.8 Å². The molecule has 0 amide bonds. The normalized spacial score (nSPS) is 11.9. The largest absolute Gasteiger partial charge is 0.493 e. The standard InChI is InChI=1S/C21H24O4.C15H14O4.2C2H6/c1-23-20-14-17(21(22)25-18-10-6-3-7-11-18)12-13-19(20)24-15-16-8-4-2-5-9-16;1-18-14-9-12(15(16)17)7-8-13(14)19-10-11-5-3-2-4-6-11;2*1-2/h2,4-5,8-9,12-14,18H,3,6-7,10-11,15H2,1H3;2-9H,10H2,1H3,(H,16,17);2*1-2H3. The van der Waals surface area contributed by atoms with Gasteiger partial charge in [0.15, 0.2) is 23.0 Å². The molecule has 0 radical (unpaired) electrons. The summed E-state index contributed by atoms with van der Waals surface area (Å²) in [5.41, 5.74) is 2.77. The van der Waals surface area contributed by atoms with Crippen LogP contribution in [0.3, 0.4) is 0 Å². The predicted octanol–water partition coefficient (Wildman–Crippen LogP) is 9.79. The van der Waals surface area contributed by atoms with E-state index in [2.05, 4.69) is 0 Å². The number of esters is 1. The summed E-state index contributed by atoms with van der Waals surface area (Å²) in [5.74, 6) is 0.800. The van der Waals surface area contributed by atoms with Crippen LogP contribution in [0.15, 0.2) is 97.1 Å². The van der Waals surface area contributed by atoms with Crippen molar-refractivity contribution in [2.45, 2.75) is 79.1 Å². The van der Waals surface area contributed by atoms with Gasteiger partial charge in [-0.25, -0.2) is 9.59 Å². The maximum Gasteiger partial charge on any atom is 0.338 e. The number of hydrogen-bond acceptors (Lipinski definition) is 7. The molecule has 0 bridgehead atoms. The molecular weight excluding hydrogens is 608 g/mol. The molecule has 1 aliphatic carbocycles. The van der Waals surface area contributed by atoms with Gasteiger partial charge in [-0.15, -0.1) is 0 Å². The van der Waals surface area contributed by atoms with E-state index < -0.39 is 5.97 Å². The highest BCUT2D eigenvalue weighted by Crippen LogP contribution is 2.31. The van der Waals surface area contributed by atoms with Gasteiger partial charge in [-0.3, -0.25) is 0 Å². The summed E-state index contributed by atoms with van der Waals surface area (Å²) < 4.78 is 27.6. The Hall–Kier alpha value is -4.98. The second kappa shape index (κ2) is 22.5. The highest BCUT2D eigenvalue weighted by Gasteiger charge is 2.20. The number of methoxy groups -OCH3 is 2. The summed E-state index contributed by atoms with van der Waals surface area (Å²) in [7, 11) is 3.05. The van der Waals surface area contributed by atoms with Crippen molar-refractivity contribution >= 4 is 11.9 Å². The van der Waals surface area contributed by atoms with Crippen LogP contribution in [0.2, 0.25) is 0 Å². The number of carboxylic acids is 1. The summed E-state index contributed by atoms with van der Waals surface area (Å²) in [6, 6.07) is 29.4. The Morgan fingerprint density at radius 3 is 1.48 bits per heavy atom. The van der Waals surface area contributed by atoms with Crippen molar-refractivity contribution < 1.29 is 38.4 Å². The van der Waals surface area contributed by atoms with Gasteiger partial charge in [-0.2, -0.15) is 0 Å². The molecule has 1 N–H and O–H groups in total. The van der Waals surface area contributed by atoms with E-state index in [4.69, 9.17) is 28.8 Å². The van der Waals surface area contributed by atoms with E-state index in [0.717, 1.165) is 36.8 Å². The Balaban J connectivity index is 0.000000311. The zero-order valence-corrected chi connectivity index (χ0v) is 29.1. The number of rotatable bonds is 11. The lowest BCUT2D eigenvalue weighted by Crippen LogP contribution is -2.20. The Bertz CT molecular complexity index is 1480. The highest BCUT2D eigenvalue weighted by atomic mass is 16.5. The highest BCUT2D eigenvalue weighted by molar-refractivity contribution is 5.90. The van der Waals surface area contributed by atoms with Crippen molar-refractivity contribution in [2.75, 3.05) is 14.2 Å². The summed E-state index contributed by atoms with van der Waals surface area (Å²) in [6.45, 7) is 8.85. The average Bonchev–Trinajstić information content (AvgIpc) is 3.16. The number of benzene rings is 4. The Labute approximate surface area is 285 Å². The average molecular weight is 659 g/mol. The summed E-state index contributed by atoms with van der Waals surface area (Å²) >= 11 is 0. The summed E-state index contributed by atoms with van der Waals surface area (Å²) in [4.78, 5) is 23.2. The molecule has 8 heteroatoms. The Morgan fingerprint density at radius 2 is 1.04 bits per heavy atom. The number of carboxylic acid groups (broad SMARTS) is 1. The zero-order chi connectivity index (χ0) is 35.1. The van der Waals surface area contributed by atoms with Crippen LogP contribution in [0, 0.1) is 0 Å². The molecule has 0 aromatic heterocycles. The van der Waals surface area contributed by atoms with E-state index in [1.54, 1.807) is 31.4 Å². The van der Waals surface area contributed by atoms with Crippen LogP contribution in [0.1, 0.15) is 91.6 Å². The molecule has 5 rings (SSSR count). The topological polar surface area (TPSA) is 101 Å². The fraction of sp³-hybridized carbons (Fsp3) is 0.350. The lowest BCUT2D eigenvalue weighted by molar-refractivity contribution is 0.0210. The third-order valence-corrected chi connectivity index (χ3v) is 7.11. The predicted molar refractivity (Wildman–Crippen MR) is 189 cm³/mol. The van der Waals surface area contributed by atoms with Gasteiger partial charge in [-0.05, 0) is 73.2 Å². The summed E-state index contributed by atoms with van der Waals surface area (Å²) in [5, 5.41) is 8.91. The van der Waals surface area contributed by atoms with Crippen LogP contribution in [-0.4, -0.2) is 37.4 Å². The van der Waals surface area contributed by atoms with Crippen LogP contribution < -0.4 is 18.9 Å². The molecule has 8 nitrogen and oxygen atoms in total. The van der Waals surface area contributed by atoms with Gasteiger partial charge in [0.2, 0.25) is 0 Å². The first kappa shape index (κ1) is 39.2. The third kappa shape index (κ3) is 13.0. The molecule has 48 heavy (non-hydrogen) atoms. The minimum Gasteiger partial charge on any atom is -0.493 e. The zero-order valence-electron chi connectivity index (χ0n) is 29.1. The fourth-order valence-electron chi connectivity index (χ4n) is 4.71. The van der Waals surface area contributed by atoms with Gasteiger partial charge in [0.25, 0.3) is 0 Å². The molecule has 0 atom stereocenters. The van der Waals surface area contributed by atoms with Crippen molar-refractivity contribution in [3.63, 3.8) is 0 Å². The van der Waals surface area contributed by atoms with E-state index in [9.17, 15) is 9.59 Å². The van der Waals surface area contributed by atoms with Crippen molar-refractivity contribution in [3.05, 3.63) is 119 Å². The van der Waals surface area contributed by atoms with Gasteiger partial charge in [0, 0.05) is 0 Å². The molecule has 0 aliphatic heterocycles. The molecular formula is C40H50O8.